The molecule has 2 amide bonds. The summed E-state index contributed by atoms with van der Waals surface area (Å²) in [5.74, 6) is -0.525. The van der Waals surface area contributed by atoms with Gasteiger partial charge >= 0.3 is 0 Å². The molecule has 1 aliphatic carbocycles. The lowest BCUT2D eigenvalue weighted by Gasteiger charge is -2.19. The van der Waals surface area contributed by atoms with Crippen molar-refractivity contribution in [2.45, 2.75) is 25.7 Å². The van der Waals surface area contributed by atoms with Crippen molar-refractivity contribution in [1.29, 1.82) is 0 Å². The van der Waals surface area contributed by atoms with E-state index in [1.54, 1.807) is 12.4 Å². The monoisotopic (exact) mass is 314 g/mol. The molecule has 2 aromatic rings. The minimum absolute atomic E-state index is 0.105. The number of fused-ring (bicyclic) bond motifs is 1. The number of carbonyl (C=O) groups excluding carboxylic acids is 2. The van der Waals surface area contributed by atoms with E-state index in [-0.39, 0.29) is 23.7 Å². The van der Waals surface area contributed by atoms with Crippen LogP contribution >= 0.6 is 11.3 Å². The van der Waals surface area contributed by atoms with Crippen LogP contribution in [0.3, 0.4) is 0 Å². The molecule has 6 nitrogen and oxygen atoms in total. The Morgan fingerprint density at radius 1 is 1.00 bits per heavy atom. The highest BCUT2D eigenvalue weighted by Gasteiger charge is 2.49. The molecule has 1 saturated heterocycles. The summed E-state index contributed by atoms with van der Waals surface area (Å²) in [6.45, 7) is 0. The van der Waals surface area contributed by atoms with Crippen LogP contribution in [-0.2, 0) is 9.59 Å². The zero-order valence-corrected chi connectivity index (χ0v) is 12.6. The van der Waals surface area contributed by atoms with Crippen molar-refractivity contribution in [2.75, 3.05) is 4.90 Å². The number of amides is 2. The van der Waals surface area contributed by atoms with Crippen LogP contribution in [-0.4, -0.2) is 27.0 Å². The van der Waals surface area contributed by atoms with Gasteiger partial charge in [0.05, 0.1) is 11.8 Å². The second-order valence-electron chi connectivity index (χ2n) is 5.64. The summed E-state index contributed by atoms with van der Waals surface area (Å²) >= 11 is 1.27. The number of aromatic nitrogens is 3. The Morgan fingerprint density at radius 2 is 1.64 bits per heavy atom. The van der Waals surface area contributed by atoms with E-state index in [2.05, 4.69) is 15.2 Å². The van der Waals surface area contributed by atoms with Crippen LogP contribution in [0.1, 0.15) is 25.7 Å². The predicted molar refractivity (Wildman–Crippen MR) is 81.1 cm³/mol. The van der Waals surface area contributed by atoms with Crippen LogP contribution in [0.4, 0.5) is 5.13 Å². The molecule has 1 aliphatic heterocycles. The molecule has 2 aliphatic rings. The highest BCUT2D eigenvalue weighted by molar-refractivity contribution is 7.18. The number of imide groups is 1. The van der Waals surface area contributed by atoms with E-state index in [0.717, 1.165) is 31.2 Å². The third kappa shape index (κ3) is 2.04. The molecule has 2 aromatic heterocycles. The Balaban J connectivity index is 1.66. The van der Waals surface area contributed by atoms with Gasteiger partial charge in [0.2, 0.25) is 16.9 Å². The van der Waals surface area contributed by atoms with E-state index in [4.69, 9.17) is 0 Å². The lowest BCUT2D eigenvalue weighted by molar-refractivity contribution is -0.122. The Morgan fingerprint density at radius 3 is 2.27 bits per heavy atom. The molecular weight excluding hydrogens is 300 g/mol. The molecule has 0 N–H and O–H groups in total. The molecule has 7 heteroatoms. The summed E-state index contributed by atoms with van der Waals surface area (Å²) in [5, 5.41) is 9.25. The van der Waals surface area contributed by atoms with Gasteiger partial charge in [0.1, 0.15) is 5.01 Å². The molecule has 0 unspecified atom stereocenters. The summed E-state index contributed by atoms with van der Waals surface area (Å²) in [7, 11) is 0. The SMILES string of the molecule is O=C1[C@H]2CCCC[C@@H]2C(=O)N1c1nnc(-c2ccncc2)s1. The summed E-state index contributed by atoms with van der Waals surface area (Å²) in [4.78, 5) is 30.3. The molecule has 22 heavy (non-hydrogen) atoms. The molecule has 4 rings (SSSR count). The van der Waals surface area contributed by atoms with Gasteiger partial charge in [-0.25, -0.2) is 4.90 Å². The Hall–Kier alpha value is -2.15. The molecule has 3 heterocycles. The average Bonchev–Trinajstić information content (AvgIpc) is 3.13. The van der Waals surface area contributed by atoms with Gasteiger partial charge in [-0.15, -0.1) is 10.2 Å². The number of rotatable bonds is 2. The van der Waals surface area contributed by atoms with Crippen LogP contribution < -0.4 is 4.90 Å². The Bertz CT molecular complexity index is 706. The second-order valence-corrected chi connectivity index (χ2v) is 6.59. The highest BCUT2D eigenvalue weighted by atomic mass is 32.1. The van der Waals surface area contributed by atoms with Gasteiger partial charge in [0.15, 0.2) is 0 Å². The minimum Gasteiger partial charge on any atom is -0.274 e. The molecule has 2 atom stereocenters. The summed E-state index contributed by atoms with van der Waals surface area (Å²) in [6.07, 6.45) is 7.01. The topological polar surface area (TPSA) is 76.1 Å². The van der Waals surface area contributed by atoms with Crippen molar-refractivity contribution < 1.29 is 9.59 Å². The zero-order chi connectivity index (χ0) is 15.1. The smallest absolute Gasteiger partial charge is 0.239 e. The lowest BCUT2D eigenvalue weighted by atomic mass is 9.81. The molecule has 0 spiro atoms. The van der Waals surface area contributed by atoms with Gasteiger partial charge in [0.25, 0.3) is 0 Å². The third-order valence-electron chi connectivity index (χ3n) is 4.37. The van der Waals surface area contributed by atoms with Crippen molar-refractivity contribution in [3.63, 3.8) is 0 Å². The highest BCUT2D eigenvalue weighted by Crippen LogP contribution is 2.41. The number of anilines is 1. The van der Waals surface area contributed by atoms with Gasteiger partial charge in [-0.3, -0.25) is 14.6 Å². The van der Waals surface area contributed by atoms with E-state index < -0.39 is 0 Å². The van der Waals surface area contributed by atoms with Crippen LogP contribution in [0.15, 0.2) is 24.5 Å². The fourth-order valence-corrected chi connectivity index (χ4v) is 4.13. The molecule has 112 valence electrons. The second kappa shape index (κ2) is 5.24. The van der Waals surface area contributed by atoms with Crippen LogP contribution in [0.5, 0.6) is 0 Å². The number of nitrogens with zero attached hydrogens (tertiary/aromatic N) is 4. The van der Waals surface area contributed by atoms with E-state index >= 15 is 0 Å². The number of pyridine rings is 1. The fourth-order valence-electron chi connectivity index (χ4n) is 3.27. The first-order chi connectivity index (χ1) is 10.8. The maximum absolute atomic E-state index is 12.5. The number of hydrogen-bond donors (Lipinski definition) is 0. The number of hydrogen-bond acceptors (Lipinski definition) is 6. The van der Waals surface area contributed by atoms with Gasteiger partial charge in [-0.05, 0) is 25.0 Å². The summed E-state index contributed by atoms with van der Waals surface area (Å²) in [5.41, 5.74) is 0.885. The van der Waals surface area contributed by atoms with Crippen LogP contribution in [0.25, 0.3) is 10.6 Å². The molecule has 0 bridgehead atoms. The lowest BCUT2D eigenvalue weighted by Crippen LogP contribution is -2.30. The standard InChI is InChI=1S/C15H14N4O2S/c20-13-10-3-1-2-4-11(10)14(21)19(13)15-18-17-12(22-15)9-5-7-16-8-6-9/h5-8,10-11H,1-4H2/t10-,11-/m0/s1. The first-order valence-corrected chi connectivity index (χ1v) is 8.19. The maximum Gasteiger partial charge on any atom is 0.239 e. The van der Waals surface area contributed by atoms with Crippen molar-refractivity contribution in [3.05, 3.63) is 24.5 Å². The molecular formula is C15H14N4O2S. The molecule has 2 fully saturated rings. The average molecular weight is 314 g/mol. The summed E-state index contributed by atoms with van der Waals surface area (Å²) < 4.78 is 0. The Labute approximate surface area is 131 Å². The maximum atomic E-state index is 12.5. The van der Waals surface area contributed by atoms with E-state index in [9.17, 15) is 9.59 Å². The van der Waals surface area contributed by atoms with E-state index in [0.29, 0.717) is 10.1 Å². The van der Waals surface area contributed by atoms with Gasteiger partial charge in [0, 0.05) is 18.0 Å². The van der Waals surface area contributed by atoms with Crippen molar-refractivity contribution in [2.24, 2.45) is 11.8 Å². The quantitative estimate of drug-likeness (QED) is 0.795. The van der Waals surface area contributed by atoms with Crippen molar-refractivity contribution >= 4 is 28.3 Å². The van der Waals surface area contributed by atoms with Gasteiger partial charge in [-0.2, -0.15) is 0 Å². The van der Waals surface area contributed by atoms with Crippen molar-refractivity contribution in [3.8, 4) is 10.6 Å². The van der Waals surface area contributed by atoms with Gasteiger partial charge in [-0.1, -0.05) is 24.2 Å². The first kappa shape index (κ1) is 13.5. The fraction of sp³-hybridized carbons (Fsp3) is 0.400. The van der Waals surface area contributed by atoms with E-state index in [1.807, 2.05) is 12.1 Å². The Kier molecular flexibility index (Phi) is 3.22. The first-order valence-electron chi connectivity index (χ1n) is 7.37. The summed E-state index contributed by atoms with van der Waals surface area (Å²) in [6, 6.07) is 3.66. The van der Waals surface area contributed by atoms with Gasteiger partial charge < -0.3 is 0 Å². The molecule has 1 saturated carbocycles. The van der Waals surface area contributed by atoms with Crippen LogP contribution in [0, 0.1) is 11.8 Å². The molecule has 0 radical (unpaired) electrons. The number of carbonyl (C=O) groups is 2. The normalized spacial score (nSPS) is 24.6. The predicted octanol–water partition coefficient (Wildman–Crippen LogP) is 2.28. The van der Waals surface area contributed by atoms with Crippen molar-refractivity contribution in [1.82, 2.24) is 15.2 Å². The van der Waals surface area contributed by atoms with E-state index in [1.165, 1.54) is 16.2 Å². The third-order valence-corrected chi connectivity index (χ3v) is 5.33. The zero-order valence-electron chi connectivity index (χ0n) is 11.8. The minimum atomic E-state index is -0.158. The molecule has 0 aromatic carbocycles. The van der Waals surface area contributed by atoms with Crippen LogP contribution in [0.2, 0.25) is 0 Å². The largest absolute Gasteiger partial charge is 0.274 e.